The van der Waals surface area contributed by atoms with Gasteiger partial charge in [0.1, 0.15) is 11.6 Å². The molecule has 1 saturated heterocycles. The van der Waals surface area contributed by atoms with Crippen LogP contribution in [0.15, 0.2) is 57.3 Å². The Morgan fingerprint density at radius 3 is 2.53 bits per heavy atom. The predicted octanol–water partition coefficient (Wildman–Crippen LogP) is 6.61. The van der Waals surface area contributed by atoms with Gasteiger partial charge in [-0.1, -0.05) is 31.8 Å². The number of amides is 2. The number of carbonyl (C=O) groups is 1. The summed E-state index contributed by atoms with van der Waals surface area (Å²) < 4.78 is 51.1. The van der Waals surface area contributed by atoms with Crippen molar-refractivity contribution in [2.45, 2.75) is 63.2 Å². The first kappa shape index (κ1) is 34.6. The highest BCUT2D eigenvalue weighted by atomic mass is 32.3. The molecule has 0 radical (unpaired) electrons. The molecule has 12 nitrogen and oxygen atoms in total. The fourth-order valence-electron chi connectivity index (χ4n) is 5.35. The maximum atomic E-state index is 14.7. The molecular formula is C32H45N7O5S2Si. The molecule has 3 N–H and O–H groups in total. The van der Waals surface area contributed by atoms with Crippen LogP contribution in [0.5, 0.6) is 5.75 Å². The second kappa shape index (κ2) is 14.6. The lowest BCUT2D eigenvalue weighted by Crippen LogP contribution is -2.32. The van der Waals surface area contributed by atoms with Gasteiger partial charge in [-0.2, -0.15) is 4.98 Å². The van der Waals surface area contributed by atoms with E-state index in [2.05, 4.69) is 44.3 Å². The van der Waals surface area contributed by atoms with Crippen molar-refractivity contribution in [3.05, 3.63) is 48.7 Å². The molecule has 3 aromatic rings. The second-order valence-corrected chi connectivity index (χ2v) is 23.0. The zero-order chi connectivity index (χ0) is 33.7. The van der Waals surface area contributed by atoms with Gasteiger partial charge >= 0.3 is 6.03 Å². The Bertz CT molecular complexity index is 1820. The van der Waals surface area contributed by atoms with Gasteiger partial charge in [-0.15, -0.1) is 3.77 Å². The summed E-state index contributed by atoms with van der Waals surface area (Å²) in [5.74, 6) is 1.56. The number of sulfonamides is 1. The number of nitrogens with zero attached hydrogens (tertiary/aromatic N) is 4. The van der Waals surface area contributed by atoms with Crippen LogP contribution < -0.4 is 20.7 Å². The second-order valence-electron chi connectivity index (χ2n) is 13.1. The van der Waals surface area contributed by atoms with E-state index in [0.29, 0.717) is 62.3 Å². The molecule has 0 saturated carbocycles. The van der Waals surface area contributed by atoms with Crippen LogP contribution in [0.3, 0.4) is 0 Å². The Kier molecular flexibility index (Phi) is 10.8. The van der Waals surface area contributed by atoms with E-state index in [0.717, 1.165) is 29.7 Å². The minimum atomic E-state index is -4.00. The van der Waals surface area contributed by atoms with Crippen molar-refractivity contribution in [1.82, 2.24) is 14.9 Å². The smallest absolute Gasteiger partial charge is 0.321 e. The van der Waals surface area contributed by atoms with Gasteiger partial charge < -0.3 is 25.6 Å². The monoisotopic (exact) mass is 699 g/mol. The number of aromatic nitrogens is 2. The fraction of sp³-hybridized carbons (Fsp3) is 0.469. The van der Waals surface area contributed by atoms with Gasteiger partial charge in [-0.05, 0) is 74.5 Å². The number of rotatable bonds is 8. The Labute approximate surface area is 279 Å². The summed E-state index contributed by atoms with van der Waals surface area (Å²) in [6.07, 6.45) is 4.64. The first-order chi connectivity index (χ1) is 22.3. The molecule has 2 aliphatic rings. The quantitative estimate of drug-likeness (QED) is 0.220. The van der Waals surface area contributed by atoms with E-state index in [4.69, 9.17) is 9.72 Å². The van der Waals surface area contributed by atoms with Gasteiger partial charge in [0.15, 0.2) is 0 Å². The maximum Gasteiger partial charge on any atom is 0.321 e. The predicted molar refractivity (Wildman–Crippen MR) is 192 cm³/mol. The summed E-state index contributed by atoms with van der Waals surface area (Å²) in [5, 5.41) is 9.52. The topological polar surface area (TPSA) is 155 Å². The number of nitrogens with one attached hydrogen (secondary N) is 3. The van der Waals surface area contributed by atoms with Crippen molar-refractivity contribution in [3.63, 3.8) is 0 Å². The molecule has 5 rings (SSSR count). The average molecular weight is 700 g/mol. The van der Waals surface area contributed by atoms with Crippen LogP contribution in [0.1, 0.15) is 32.6 Å². The zero-order valence-electron chi connectivity index (χ0n) is 27.5. The molecule has 254 valence electrons. The van der Waals surface area contributed by atoms with Crippen LogP contribution in [-0.2, 0) is 19.8 Å². The van der Waals surface area contributed by atoms with E-state index in [1.807, 2.05) is 31.2 Å². The van der Waals surface area contributed by atoms with Gasteiger partial charge in [-0.25, -0.2) is 22.4 Å². The molecule has 1 unspecified atom stereocenters. The third-order valence-electron chi connectivity index (χ3n) is 7.92. The van der Waals surface area contributed by atoms with Gasteiger partial charge in [-0.3, -0.25) is 0 Å². The van der Waals surface area contributed by atoms with E-state index >= 15 is 0 Å². The molecule has 0 spiro atoms. The number of hydrogen-bond donors (Lipinski definition) is 3. The number of hydrogen-bond acceptors (Lipinski definition) is 9. The van der Waals surface area contributed by atoms with Crippen molar-refractivity contribution in [2.75, 3.05) is 53.7 Å². The molecule has 1 fully saturated rings. The van der Waals surface area contributed by atoms with Crippen molar-refractivity contribution in [3.8, 4) is 16.9 Å². The molecule has 0 aliphatic carbocycles. The lowest BCUT2D eigenvalue weighted by molar-refractivity contribution is 0.222. The summed E-state index contributed by atoms with van der Waals surface area (Å²) >= 11 is 0. The minimum Gasteiger partial charge on any atom is -0.494 e. The van der Waals surface area contributed by atoms with E-state index in [1.165, 1.54) is 0 Å². The van der Waals surface area contributed by atoms with Crippen molar-refractivity contribution in [2.24, 2.45) is 3.77 Å². The van der Waals surface area contributed by atoms with Gasteiger partial charge in [0.25, 0.3) is 10.0 Å². The Hall–Kier alpha value is -3.69. The molecule has 47 heavy (non-hydrogen) atoms. The minimum absolute atomic E-state index is 0.0405. The summed E-state index contributed by atoms with van der Waals surface area (Å²) in [7, 11) is -9.13. The largest absolute Gasteiger partial charge is 0.494 e. The van der Waals surface area contributed by atoms with E-state index < -0.39 is 27.8 Å². The average Bonchev–Trinajstić information content (AvgIpc) is 3.56. The first-order valence-corrected chi connectivity index (χ1v) is 23.1. The summed E-state index contributed by atoms with van der Waals surface area (Å²) in [4.78, 5) is 24.4. The third kappa shape index (κ3) is 9.44. The SMILES string of the molecule is CCOc1ccc(-c2cnc3nc2NCCCCS(=O)(=NS(=O)(=O)CC[Si](C)(C)C)c2cc(NC(=O)N4CCCC4)cc(c2)N3)cc1. The lowest BCUT2D eigenvalue weighted by atomic mass is 10.1. The number of carbonyl (C=O) groups excluding carboxylic acids is 1. The van der Waals surface area contributed by atoms with Crippen LogP contribution >= 0.6 is 0 Å². The van der Waals surface area contributed by atoms with Crippen LogP contribution in [0.4, 0.5) is 27.9 Å². The highest BCUT2D eigenvalue weighted by Gasteiger charge is 2.25. The molecule has 2 amide bonds. The third-order valence-corrected chi connectivity index (χ3v) is 14.4. The number of likely N-dealkylation sites (tertiary alicyclic amines) is 1. The number of anilines is 4. The van der Waals surface area contributed by atoms with Crippen LogP contribution in [0.2, 0.25) is 25.7 Å². The van der Waals surface area contributed by atoms with Crippen molar-refractivity contribution in [1.29, 1.82) is 0 Å². The highest BCUT2D eigenvalue weighted by Crippen LogP contribution is 2.32. The van der Waals surface area contributed by atoms with Crippen LogP contribution in [0, 0.1) is 0 Å². The summed E-state index contributed by atoms with van der Waals surface area (Å²) in [6.45, 7) is 10.6. The van der Waals surface area contributed by atoms with Gasteiger partial charge in [0.2, 0.25) is 5.95 Å². The van der Waals surface area contributed by atoms with Crippen molar-refractivity contribution >= 4 is 57.0 Å². The lowest BCUT2D eigenvalue weighted by Gasteiger charge is -2.19. The molecule has 4 bridgehead atoms. The molecule has 2 aromatic carbocycles. The maximum absolute atomic E-state index is 14.7. The van der Waals surface area contributed by atoms with Gasteiger partial charge in [0.05, 0.1) is 27.0 Å². The summed E-state index contributed by atoms with van der Waals surface area (Å²) in [5.41, 5.74) is 2.53. The highest BCUT2D eigenvalue weighted by molar-refractivity contribution is 8.03. The fourth-order valence-corrected chi connectivity index (χ4v) is 12.7. The van der Waals surface area contributed by atoms with Crippen molar-refractivity contribution < 1.29 is 22.2 Å². The number of fused-ring (bicyclic) bond motifs is 4. The zero-order valence-corrected chi connectivity index (χ0v) is 30.2. The number of benzene rings is 2. The van der Waals surface area contributed by atoms with Crippen LogP contribution in [-0.4, -0.2) is 79.3 Å². The van der Waals surface area contributed by atoms with E-state index in [9.17, 15) is 17.4 Å². The van der Waals surface area contributed by atoms with E-state index in [1.54, 1.807) is 29.3 Å². The molecule has 2 aliphatic heterocycles. The standard InChI is InChI=1S/C32H45N7O5S2Si/c1-5-44-27-12-10-24(11-13-27)29-23-34-31-35-25-20-26(36-32(40)39-15-7-8-16-39)22-28(21-25)45(41,17-9-6-14-33-30(29)37-31)38-46(42,43)18-19-47(2,3)4/h10-13,20-23H,5-9,14-19H2,1-4H3,(H,36,40)(H2,33,34,35,37). The number of urea groups is 1. The normalized spacial score (nSPS) is 18.5. The molecule has 3 heterocycles. The van der Waals surface area contributed by atoms with E-state index in [-0.39, 0.29) is 28.4 Å². The summed E-state index contributed by atoms with van der Waals surface area (Å²) in [6, 6.07) is 12.9. The van der Waals surface area contributed by atoms with Gasteiger partial charge in [0, 0.05) is 56.6 Å². The molecule has 1 aromatic heterocycles. The Morgan fingerprint density at radius 2 is 1.83 bits per heavy atom. The Balaban J connectivity index is 1.55. The molecule has 1 atom stereocenters. The van der Waals surface area contributed by atoms with Crippen LogP contribution in [0.25, 0.3) is 11.1 Å². The first-order valence-electron chi connectivity index (χ1n) is 16.1. The number of ether oxygens (including phenoxy) is 1. The Morgan fingerprint density at radius 1 is 1.09 bits per heavy atom. The molecular weight excluding hydrogens is 655 g/mol. The molecule has 15 heteroatoms.